The van der Waals surface area contributed by atoms with Crippen LogP contribution in [0.15, 0.2) is 25.0 Å². The molecule has 0 aliphatic rings. The maximum Gasteiger partial charge on any atom is 0.326 e. The number of aliphatic hydroxyl groups is 1. The number of carbonyl (C=O) groups excluding carboxylic acids is 3. The maximum absolute atomic E-state index is 13.0. The fourth-order valence-electron chi connectivity index (χ4n) is 3.30. The summed E-state index contributed by atoms with van der Waals surface area (Å²) in [6, 6.07) is -4.83. The van der Waals surface area contributed by atoms with Crippen LogP contribution in [0.3, 0.4) is 0 Å². The van der Waals surface area contributed by atoms with Crippen molar-refractivity contribution in [1.82, 2.24) is 35.9 Å². The summed E-state index contributed by atoms with van der Waals surface area (Å²) < 4.78 is 0. The molecule has 0 saturated heterocycles. The van der Waals surface area contributed by atoms with E-state index >= 15 is 0 Å². The number of carbonyl (C=O) groups is 4. The fraction of sp³-hybridized carbons (Fsp3) is 0.524. The van der Waals surface area contributed by atoms with Gasteiger partial charge in [-0.15, -0.1) is 0 Å². The van der Waals surface area contributed by atoms with Crippen molar-refractivity contribution < 1.29 is 29.4 Å². The molecule has 0 spiro atoms. The van der Waals surface area contributed by atoms with Crippen molar-refractivity contribution in [1.29, 1.82) is 0 Å². The molecule has 15 nitrogen and oxygen atoms in total. The van der Waals surface area contributed by atoms with E-state index in [1.54, 1.807) is 0 Å². The molecule has 0 aromatic carbocycles. The summed E-state index contributed by atoms with van der Waals surface area (Å²) in [4.78, 5) is 63.1. The van der Waals surface area contributed by atoms with E-state index in [1.165, 1.54) is 25.0 Å². The molecular weight excluding hydrogens is 474 g/mol. The van der Waals surface area contributed by atoms with Gasteiger partial charge in [-0.25, -0.2) is 14.8 Å². The molecule has 3 amide bonds. The predicted octanol–water partition coefficient (Wildman–Crippen LogP) is -3.09. The molecule has 2 aromatic rings. The van der Waals surface area contributed by atoms with Crippen molar-refractivity contribution in [2.45, 2.75) is 56.3 Å². The normalized spacial score (nSPS) is 14.3. The highest BCUT2D eigenvalue weighted by atomic mass is 16.4. The molecule has 11 N–H and O–H groups in total. The van der Waals surface area contributed by atoms with Gasteiger partial charge in [-0.1, -0.05) is 6.42 Å². The molecule has 2 rings (SSSR count). The molecule has 0 saturated carbocycles. The first-order valence-corrected chi connectivity index (χ1v) is 11.4. The molecule has 4 unspecified atom stereocenters. The number of nitrogens with one attached hydrogen (secondary N) is 5. The lowest BCUT2D eigenvalue weighted by Crippen LogP contribution is -2.58. The van der Waals surface area contributed by atoms with Gasteiger partial charge in [-0.3, -0.25) is 14.4 Å². The van der Waals surface area contributed by atoms with Crippen LogP contribution in [-0.2, 0) is 32.0 Å². The molecule has 198 valence electrons. The number of imidazole rings is 2. The standard InChI is InChI=1S/C21H33N9O6/c22-4-2-1-3-14(23)18(32)28-15(5-12-7-24-10-26-12)19(33)30-17(9-31)20(34)29-16(21(35)36)6-13-8-25-11-27-13/h7-8,10-11,14-17,31H,1-6,9,22-23H2,(H,24,26)(H,25,27)(H,28,32)(H,29,34)(H,30,33)(H,35,36). The van der Waals surface area contributed by atoms with Crippen LogP contribution in [0.25, 0.3) is 0 Å². The number of unbranched alkanes of at least 4 members (excludes halogenated alkanes) is 1. The van der Waals surface area contributed by atoms with E-state index in [-0.39, 0.29) is 12.8 Å². The number of hydrogen-bond donors (Lipinski definition) is 9. The van der Waals surface area contributed by atoms with Crippen molar-refractivity contribution in [2.75, 3.05) is 13.2 Å². The monoisotopic (exact) mass is 507 g/mol. The minimum absolute atomic E-state index is 0.00440. The van der Waals surface area contributed by atoms with Crippen molar-refractivity contribution in [3.05, 3.63) is 36.4 Å². The molecule has 15 heteroatoms. The number of rotatable bonds is 16. The van der Waals surface area contributed by atoms with Gasteiger partial charge < -0.3 is 47.6 Å². The lowest BCUT2D eigenvalue weighted by molar-refractivity contribution is -0.142. The van der Waals surface area contributed by atoms with Gasteiger partial charge in [-0.2, -0.15) is 0 Å². The van der Waals surface area contributed by atoms with Crippen molar-refractivity contribution in [2.24, 2.45) is 11.5 Å². The number of aliphatic carboxylic acids is 1. The summed E-state index contributed by atoms with van der Waals surface area (Å²) in [5.74, 6) is -3.57. The third kappa shape index (κ3) is 9.09. The number of aliphatic hydroxyl groups excluding tert-OH is 1. The number of amides is 3. The van der Waals surface area contributed by atoms with Crippen LogP contribution in [0.1, 0.15) is 30.7 Å². The number of carboxylic acid groups (broad SMARTS) is 1. The molecule has 2 aromatic heterocycles. The molecule has 0 bridgehead atoms. The number of nitrogens with zero attached hydrogens (tertiary/aromatic N) is 2. The summed E-state index contributed by atoms with van der Waals surface area (Å²) in [6.45, 7) is -0.342. The molecule has 0 fully saturated rings. The van der Waals surface area contributed by atoms with Crippen molar-refractivity contribution in [3.8, 4) is 0 Å². The second-order valence-electron chi connectivity index (χ2n) is 8.16. The smallest absolute Gasteiger partial charge is 0.326 e. The van der Waals surface area contributed by atoms with Gasteiger partial charge in [-0.05, 0) is 19.4 Å². The van der Waals surface area contributed by atoms with Gasteiger partial charge >= 0.3 is 5.97 Å². The summed E-state index contributed by atoms with van der Waals surface area (Å²) in [7, 11) is 0. The summed E-state index contributed by atoms with van der Waals surface area (Å²) >= 11 is 0. The van der Waals surface area contributed by atoms with Crippen LogP contribution in [-0.4, -0.2) is 91.2 Å². The van der Waals surface area contributed by atoms with E-state index in [0.717, 1.165) is 0 Å². The lowest BCUT2D eigenvalue weighted by atomic mass is 10.1. The maximum atomic E-state index is 13.0. The Labute approximate surface area is 206 Å². The molecule has 4 atom stereocenters. The summed E-state index contributed by atoms with van der Waals surface area (Å²) in [5, 5.41) is 26.4. The first-order chi connectivity index (χ1) is 17.2. The van der Waals surface area contributed by atoms with Crippen molar-refractivity contribution >= 4 is 23.7 Å². The Morgan fingerprint density at radius 3 is 1.89 bits per heavy atom. The number of aromatic amines is 2. The average molecular weight is 508 g/mol. The highest BCUT2D eigenvalue weighted by Gasteiger charge is 2.30. The van der Waals surface area contributed by atoms with Gasteiger partial charge in [0.15, 0.2) is 0 Å². The highest BCUT2D eigenvalue weighted by Crippen LogP contribution is 2.04. The minimum Gasteiger partial charge on any atom is -0.480 e. The van der Waals surface area contributed by atoms with E-state index in [2.05, 4.69) is 35.9 Å². The molecular formula is C21H33N9O6. The quantitative estimate of drug-likeness (QED) is 0.103. The number of nitrogens with two attached hydrogens (primary N) is 2. The molecule has 36 heavy (non-hydrogen) atoms. The second kappa shape index (κ2) is 14.6. The highest BCUT2D eigenvalue weighted by molar-refractivity contribution is 5.94. The zero-order valence-corrected chi connectivity index (χ0v) is 19.6. The van der Waals surface area contributed by atoms with E-state index in [4.69, 9.17) is 11.5 Å². The van der Waals surface area contributed by atoms with Crippen molar-refractivity contribution in [3.63, 3.8) is 0 Å². The molecule has 0 radical (unpaired) electrons. The van der Waals surface area contributed by atoms with Gasteiger partial charge in [0.2, 0.25) is 17.7 Å². The van der Waals surface area contributed by atoms with Crippen LogP contribution in [0.4, 0.5) is 0 Å². The van der Waals surface area contributed by atoms with E-state index < -0.39 is 54.5 Å². The third-order valence-electron chi connectivity index (χ3n) is 5.33. The third-order valence-corrected chi connectivity index (χ3v) is 5.33. The minimum atomic E-state index is -1.47. The molecule has 0 aliphatic heterocycles. The molecule has 0 aliphatic carbocycles. The first kappa shape index (κ1) is 28.4. The number of hydrogen-bond acceptors (Lipinski definition) is 9. The number of H-pyrrole nitrogens is 2. The Morgan fingerprint density at radius 1 is 0.861 bits per heavy atom. The number of aromatic nitrogens is 4. The Bertz CT molecular complexity index is 967. The lowest BCUT2D eigenvalue weighted by Gasteiger charge is -2.24. The fourth-order valence-corrected chi connectivity index (χ4v) is 3.30. The first-order valence-electron chi connectivity index (χ1n) is 11.4. The Kier molecular flexibility index (Phi) is 11.5. The molecule has 2 heterocycles. The zero-order chi connectivity index (χ0) is 26.5. The Morgan fingerprint density at radius 2 is 1.39 bits per heavy atom. The largest absolute Gasteiger partial charge is 0.480 e. The van der Waals surface area contributed by atoms with Crippen LogP contribution >= 0.6 is 0 Å². The van der Waals surface area contributed by atoms with E-state index in [1.807, 2.05) is 0 Å². The van der Waals surface area contributed by atoms with Gasteiger partial charge in [0.05, 0.1) is 25.3 Å². The Hall–Kier alpha value is -3.82. The summed E-state index contributed by atoms with van der Waals surface area (Å²) in [5.41, 5.74) is 12.4. The van der Waals surface area contributed by atoms with Gasteiger partial charge in [0.1, 0.15) is 18.1 Å². The topological polar surface area (TPSA) is 254 Å². The predicted molar refractivity (Wildman–Crippen MR) is 126 cm³/mol. The zero-order valence-electron chi connectivity index (χ0n) is 19.6. The van der Waals surface area contributed by atoms with Crippen LogP contribution < -0.4 is 27.4 Å². The van der Waals surface area contributed by atoms with Gasteiger partial charge in [0, 0.05) is 36.6 Å². The second-order valence-corrected chi connectivity index (χ2v) is 8.16. The van der Waals surface area contributed by atoms with E-state index in [9.17, 15) is 29.4 Å². The Balaban J connectivity index is 2.05. The number of carboxylic acids is 1. The SMILES string of the molecule is NCCCCC(N)C(=O)NC(Cc1cnc[nH]1)C(=O)NC(CO)C(=O)NC(Cc1cnc[nH]1)C(=O)O. The van der Waals surface area contributed by atoms with Crippen LogP contribution in [0.5, 0.6) is 0 Å². The van der Waals surface area contributed by atoms with Crippen LogP contribution in [0.2, 0.25) is 0 Å². The van der Waals surface area contributed by atoms with Gasteiger partial charge in [0.25, 0.3) is 0 Å². The average Bonchev–Trinajstić information content (AvgIpc) is 3.55. The van der Waals surface area contributed by atoms with Crippen LogP contribution in [0, 0.1) is 0 Å². The van der Waals surface area contributed by atoms with E-state index in [0.29, 0.717) is 37.2 Å². The summed E-state index contributed by atoms with van der Waals surface area (Å²) in [6.07, 6.45) is 7.27.